The molecule has 2 rings (SSSR count). The van der Waals surface area contributed by atoms with Crippen LogP contribution in [0.15, 0.2) is 18.2 Å². The summed E-state index contributed by atoms with van der Waals surface area (Å²) in [5.41, 5.74) is 0.791. The third-order valence-electron chi connectivity index (χ3n) is 3.87. The third kappa shape index (κ3) is 6.19. The first-order valence-electron chi connectivity index (χ1n) is 8.25. The second-order valence-electron chi connectivity index (χ2n) is 5.90. The molecule has 134 valence electrons. The highest BCUT2D eigenvalue weighted by molar-refractivity contribution is 6.30. The van der Waals surface area contributed by atoms with Gasteiger partial charge in [0.25, 0.3) is 0 Å². The molecule has 1 fully saturated rings. The van der Waals surface area contributed by atoms with Crippen LogP contribution in [0.5, 0.6) is 5.75 Å². The highest BCUT2D eigenvalue weighted by atomic mass is 35.5. The number of halogens is 1. The van der Waals surface area contributed by atoms with Crippen LogP contribution in [0.3, 0.4) is 0 Å². The molecule has 0 aromatic heterocycles. The molecule has 1 aliphatic rings. The van der Waals surface area contributed by atoms with Crippen LogP contribution in [0.25, 0.3) is 0 Å². The van der Waals surface area contributed by atoms with E-state index in [9.17, 15) is 4.79 Å². The number of carbonyl (C=O) groups excluding carboxylic acids is 1. The van der Waals surface area contributed by atoms with E-state index in [4.69, 9.17) is 21.1 Å². The van der Waals surface area contributed by atoms with Crippen LogP contribution in [0.2, 0.25) is 5.02 Å². The van der Waals surface area contributed by atoms with Crippen LogP contribution in [-0.2, 0) is 9.53 Å². The predicted molar refractivity (Wildman–Crippen MR) is 96.0 cm³/mol. The van der Waals surface area contributed by atoms with Gasteiger partial charge in [-0.1, -0.05) is 11.6 Å². The molecule has 2 N–H and O–H groups in total. The van der Waals surface area contributed by atoms with Crippen molar-refractivity contribution in [3.8, 4) is 5.75 Å². The lowest BCUT2D eigenvalue weighted by Gasteiger charge is -2.29. The standard InChI is InChI=1S/C17H26ClN3O3/c1-13(12-21-7-9-24-10-8-21)20-17(22)5-6-19-15-11-14(18)3-4-16(15)23-2/h3-4,11,13,19H,5-10,12H2,1-2H3,(H,20,22). The minimum Gasteiger partial charge on any atom is -0.495 e. The lowest BCUT2D eigenvalue weighted by Crippen LogP contribution is -2.46. The summed E-state index contributed by atoms with van der Waals surface area (Å²) in [7, 11) is 1.61. The SMILES string of the molecule is COc1ccc(Cl)cc1NCCC(=O)NC(C)CN1CCOCC1. The summed E-state index contributed by atoms with van der Waals surface area (Å²) in [4.78, 5) is 14.4. The van der Waals surface area contributed by atoms with Crippen molar-refractivity contribution >= 4 is 23.2 Å². The van der Waals surface area contributed by atoms with Gasteiger partial charge in [0.1, 0.15) is 5.75 Å². The molecule has 1 aliphatic heterocycles. The topological polar surface area (TPSA) is 62.8 Å². The Morgan fingerprint density at radius 2 is 2.17 bits per heavy atom. The smallest absolute Gasteiger partial charge is 0.222 e. The van der Waals surface area contributed by atoms with Crippen LogP contribution < -0.4 is 15.4 Å². The summed E-state index contributed by atoms with van der Waals surface area (Å²) >= 11 is 5.99. The highest BCUT2D eigenvalue weighted by Crippen LogP contribution is 2.27. The van der Waals surface area contributed by atoms with E-state index in [2.05, 4.69) is 15.5 Å². The molecule has 7 heteroatoms. The Morgan fingerprint density at radius 1 is 1.42 bits per heavy atom. The fourth-order valence-electron chi connectivity index (χ4n) is 2.69. The number of ether oxygens (including phenoxy) is 2. The van der Waals surface area contributed by atoms with Gasteiger partial charge < -0.3 is 20.1 Å². The number of nitrogens with one attached hydrogen (secondary N) is 2. The Bertz CT molecular complexity index is 536. The van der Waals surface area contributed by atoms with Crippen molar-refractivity contribution in [3.63, 3.8) is 0 Å². The molecule has 0 saturated carbocycles. The molecule has 24 heavy (non-hydrogen) atoms. The molecule has 1 saturated heterocycles. The number of anilines is 1. The molecule has 0 radical (unpaired) electrons. The van der Waals surface area contributed by atoms with Gasteiger partial charge in [0.2, 0.25) is 5.91 Å². The Balaban J connectivity index is 1.70. The van der Waals surface area contributed by atoms with Crippen LogP contribution in [0.4, 0.5) is 5.69 Å². The Hall–Kier alpha value is -1.50. The molecule has 1 heterocycles. The molecule has 1 aromatic carbocycles. The van der Waals surface area contributed by atoms with Gasteiger partial charge in [-0.05, 0) is 25.1 Å². The lowest BCUT2D eigenvalue weighted by molar-refractivity contribution is -0.121. The van der Waals surface area contributed by atoms with Crippen molar-refractivity contribution in [1.29, 1.82) is 0 Å². The van der Waals surface area contributed by atoms with E-state index in [-0.39, 0.29) is 11.9 Å². The molecule has 6 nitrogen and oxygen atoms in total. The van der Waals surface area contributed by atoms with Gasteiger partial charge in [-0.2, -0.15) is 0 Å². The number of hydrogen-bond donors (Lipinski definition) is 2. The molecule has 1 unspecified atom stereocenters. The van der Waals surface area contributed by atoms with Crippen molar-refractivity contribution in [2.24, 2.45) is 0 Å². The molecule has 0 spiro atoms. The average Bonchev–Trinajstić information content (AvgIpc) is 2.56. The third-order valence-corrected chi connectivity index (χ3v) is 4.11. The number of nitrogens with zero attached hydrogens (tertiary/aromatic N) is 1. The number of amides is 1. The first-order valence-corrected chi connectivity index (χ1v) is 8.63. The quantitative estimate of drug-likeness (QED) is 0.746. The average molecular weight is 356 g/mol. The maximum atomic E-state index is 12.1. The number of hydrogen-bond acceptors (Lipinski definition) is 5. The monoisotopic (exact) mass is 355 g/mol. The van der Waals surface area contributed by atoms with Crippen LogP contribution in [-0.4, -0.2) is 63.4 Å². The van der Waals surface area contributed by atoms with E-state index in [0.29, 0.717) is 23.7 Å². The van der Waals surface area contributed by atoms with Crippen LogP contribution in [0, 0.1) is 0 Å². The van der Waals surface area contributed by atoms with Gasteiger partial charge in [0.05, 0.1) is 26.0 Å². The minimum absolute atomic E-state index is 0.0317. The van der Waals surface area contributed by atoms with E-state index >= 15 is 0 Å². The maximum Gasteiger partial charge on any atom is 0.222 e. The van der Waals surface area contributed by atoms with Gasteiger partial charge in [-0.25, -0.2) is 0 Å². The van der Waals surface area contributed by atoms with E-state index in [1.807, 2.05) is 6.92 Å². The number of morpholine rings is 1. The number of rotatable bonds is 8. The molecular formula is C17H26ClN3O3. The molecule has 1 aromatic rings. The summed E-state index contributed by atoms with van der Waals surface area (Å²) in [6, 6.07) is 5.48. The van der Waals surface area contributed by atoms with Crippen molar-refractivity contribution in [2.75, 3.05) is 51.8 Å². The Labute approximate surface area is 148 Å². The zero-order valence-corrected chi connectivity index (χ0v) is 15.1. The molecular weight excluding hydrogens is 330 g/mol. The first-order chi connectivity index (χ1) is 11.6. The summed E-state index contributed by atoms with van der Waals surface area (Å²) in [6.07, 6.45) is 0.392. The van der Waals surface area contributed by atoms with Gasteiger partial charge in [-0.3, -0.25) is 9.69 Å². The van der Waals surface area contributed by atoms with Gasteiger partial charge in [0.15, 0.2) is 0 Å². The van der Waals surface area contributed by atoms with Crippen molar-refractivity contribution in [1.82, 2.24) is 10.2 Å². The van der Waals surface area contributed by atoms with E-state index in [1.54, 1.807) is 25.3 Å². The number of benzene rings is 1. The van der Waals surface area contributed by atoms with E-state index < -0.39 is 0 Å². The number of methoxy groups -OCH3 is 1. The normalized spacial score (nSPS) is 16.5. The van der Waals surface area contributed by atoms with Gasteiger partial charge in [-0.15, -0.1) is 0 Å². The largest absolute Gasteiger partial charge is 0.495 e. The molecule has 1 atom stereocenters. The zero-order chi connectivity index (χ0) is 17.4. The van der Waals surface area contributed by atoms with Crippen molar-refractivity contribution < 1.29 is 14.3 Å². The second-order valence-corrected chi connectivity index (χ2v) is 6.34. The van der Waals surface area contributed by atoms with Gasteiger partial charge in [0, 0.05) is 43.7 Å². The minimum atomic E-state index is 0.0317. The van der Waals surface area contributed by atoms with E-state index in [0.717, 1.165) is 38.5 Å². The summed E-state index contributed by atoms with van der Waals surface area (Å²) in [5.74, 6) is 0.741. The highest BCUT2D eigenvalue weighted by Gasteiger charge is 2.15. The van der Waals surface area contributed by atoms with Crippen LogP contribution >= 0.6 is 11.6 Å². The summed E-state index contributed by atoms with van der Waals surface area (Å²) in [6.45, 7) is 6.79. The summed E-state index contributed by atoms with van der Waals surface area (Å²) < 4.78 is 10.6. The Morgan fingerprint density at radius 3 is 2.88 bits per heavy atom. The lowest BCUT2D eigenvalue weighted by atomic mass is 10.2. The fourth-order valence-corrected chi connectivity index (χ4v) is 2.86. The first kappa shape index (κ1) is 18.8. The zero-order valence-electron chi connectivity index (χ0n) is 14.3. The summed E-state index contributed by atoms with van der Waals surface area (Å²) in [5, 5.41) is 6.85. The van der Waals surface area contributed by atoms with E-state index in [1.165, 1.54) is 0 Å². The van der Waals surface area contributed by atoms with Crippen LogP contribution in [0.1, 0.15) is 13.3 Å². The van der Waals surface area contributed by atoms with Crippen molar-refractivity contribution in [2.45, 2.75) is 19.4 Å². The van der Waals surface area contributed by atoms with Crippen molar-refractivity contribution in [3.05, 3.63) is 23.2 Å². The molecule has 1 amide bonds. The molecule has 0 bridgehead atoms. The predicted octanol–water partition coefficient (Wildman–Crippen LogP) is 1.99. The Kier molecular flexibility index (Phi) is 7.62. The maximum absolute atomic E-state index is 12.1. The second kappa shape index (κ2) is 9.71. The van der Waals surface area contributed by atoms with Gasteiger partial charge >= 0.3 is 0 Å². The fraction of sp³-hybridized carbons (Fsp3) is 0.588. The molecule has 0 aliphatic carbocycles. The number of carbonyl (C=O) groups is 1.